The van der Waals surface area contributed by atoms with Gasteiger partial charge in [0.25, 0.3) is 0 Å². The molecule has 0 aromatic heterocycles. The van der Waals surface area contributed by atoms with Crippen LogP contribution in [0.5, 0.6) is 0 Å². The van der Waals surface area contributed by atoms with Crippen LogP contribution in [0.4, 0.5) is 0 Å². The monoisotopic (exact) mass is 307 g/mol. The molecule has 1 aliphatic rings. The zero-order chi connectivity index (χ0) is 15.3. The largest absolute Gasteiger partial charge is 0.468 e. The number of hydrogen-bond donors (Lipinski definition) is 1. The van der Waals surface area contributed by atoms with E-state index in [4.69, 9.17) is 4.74 Å². The van der Waals surface area contributed by atoms with E-state index in [2.05, 4.69) is 36.5 Å². The molecule has 2 atom stereocenters. The molecule has 3 nitrogen and oxygen atoms in total. The van der Waals surface area contributed by atoms with E-state index in [9.17, 15) is 4.79 Å². The maximum atomic E-state index is 12.1. The average Bonchev–Trinajstić information content (AvgIpc) is 3.29. The third kappa shape index (κ3) is 5.04. The van der Waals surface area contributed by atoms with Crippen LogP contribution in [0.1, 0.15) is 38.7 Å². The molecule has 1 saturated carbocycles. The van der Waals surface area contributed by atoms with Gasteiger partial charge in [-0.05, 0) is 31.7 Å². The first kappa shape index (κ1) is 16.4. The lowest BCUT2D eigenvalue weighted by Crippen LogP contribution is -2.52. The standard InChI is InChI=1S/C17H25NO2S/c1-13(21-12-14-7-5-4-6-8-14)11-17(2,16(19)20-3)18-15-9-10-15/h4-8,13,15,18H,9-12H2,1-3H3. The molecule has 21 heavy (non-hydrogen) atoms. The van der Waals surface area contributed by atoms with Crippen molar-refractivity contribution in [3.63, 3.8) is 0 Å². The second kappa shape index (κ2) is 7.32. The number of methoxy groups -OCH3 is 1. The highest BCUT2D eigenvalue weighted by atomic mass is 32.2. The van der Waals surface area contributed by atoms with Crippen LogP contribution in [-0.2, 0) is 15.3 Å². The summed E-state index contributed by atoms with van der Waals surface area (Å²) < 4.78 is 5.00. The lowest BCUT2D eigenvalue weighted by atomic mass is 9.96. The molecule has 0 bridgehead atoms. The first-order valence-electron chi connectivity index (χ1n) is 7.55. The maximum absolute atomic E-state index is 12.1. The second-order valence-electron chi connectivity index (χ2n) is 6.05. The van der Waals surface area contributed by atoms with Gasteiger partial charge in [0.05, 0.1) is 7.11 Å². The molecule has 0 radical (unpaired) electrons. The molecule has 0 aliphatic heterocycles. The van der Waals surface area contributed by atoms with Crippen molar-refractivity contribution < 1.29 is 9.53 Å². The molecule has 0 heterocycles. The molecule has 1 fully saturated rings. The van der Waals surface area contributed by atoms with Crippen molar-refractivity contribution in [2.24, 2.45) is 0 Å². The smallest absolute Gasteiger partial charge is 0.325 e. The summed E-state index contributed by atoms with van der Waals surface area (Å²) in [6.45, 7) is 4.15. The Labute approximate surface area is 131 Å². The quantitative estimate of drug-likeness (QED) is 0.747. The molecule has 0 spiro atoms. The van der Waals surface area contributed by atoms with Gasteiger partial charge in [0.15, 0.2) is 0 Å². The number of esters is 1. The fourth-order valence-electron chi connectivity index (χ4n) is 2.55. The summed E-state index contributed by atoms with van der Waals surface area (Å²) in [5.74, 6) is 0.824. The Morgan fingerprint density at radius 1 is 1.43 bits per heavy atom. The van der Waals surface area contributed by atoms with Crippen LogP contribution in [0.15, 0.2) is 30.3 Å². The highest BCUT2D eigenvalue weighted by Crippen LogP contribution is 2.29. The summed E-state index contributed by atoms with van der Waals surface area (Å²) >= 11 is 1.88. The van der Waals surface area contributed by atoms with Crippen LogP contribution in [0.25, 0.3) is 0 Å². The van der Waals surface area contributed by atoms with Crippen molar-refractivity contribution in [2.75, 3.05) is 7.11 Å². The number of benzene rings is 1. The number of ether oxygens (including phenoxy) is 1. The number of thioether (sulfide) groups is 1. The van der Waals surface area contributed by atoms with Gasteiger partial charge in [-0.15, -0.1) is 0 Å². The third-order valence-electron chi connectivity index (χ3n) is 3.81. The first-order valence-corrected chi connectivity index (χ1v) is 8.60. The van der Waals surface area contributed by atoms with Crippen molar-refractivity contribution in [3.8, 4) is 0 Å². The molecule has 1 N–H and O–H groups in total. The molecule has 4 heteroatoms. The van der Waals surface area contributed by atoms with Gasteiger partial charge in [0.2, 0.25) is 0 Å². The molecule has 1 aliphatic carbocycles. The van der Waals surface area contributed by atoms with Crippen molar-refractivity contribution >= 4 is 17.7 Å². The Morgan fingerprint density at radius 3 is 2.67 bits per heavy atom. The number of carbonyl (C=O) groups is 1. The van der Waals surface area contributed by atoms with Gasteiger partial charge in [0.1, 0.15) is 5.54 Å². The fourth-order valence-corrected chi connectivity index (χ4v) is 3.67. The SMILES string of the molecule is COC(=O)C(C)(CC(C)SCc1ccccc1)NC1CC1. The fraction of sp³-hybridized carbons (Fsp3) is 0.588. The Balaban J connectivity index is 1.88. The van der Waals surface area contributed by atoms with Crippen molar-refractivity contribution in [3.05, 3.63) is 35.9 Å². The topological polar surface area (TPSA) is 38.3 Å². The van der Waals surface area contributed by atoms with Crippen LogP contribution in [0.2, 0.25) is 0 Å². The molecule has 116 valence electrons. The predicted molar refractivity (Wildman–Crippen MR) is 88.4 cm³/mol. The number of rotatable bonds is 8. The molecular weight excluding hydrogens is 282 g/mol. The lowest BCUT2D eigenvalue weighted by molar-refractivity contribution is -0.148. The van der Waals surface area contributed by atoms with Crippen LogP contribution < -0.4 is 5.32 Å². The highest BCUT2D eigenvalue weighted by molar-refractivity contribution is 7.99. The van der Waals surface area contributed by atoms with E-state index in [0.717, 1.165) is 25.0 Å². The van der Waals surface area contributed by atoms with Crippen LogP contribution in [-0.4, -0.2) is 29.9 Å². The zero-order valence-corrected chi connectivity index (χ0v) is 13.9. The Morgan fingerprint density at radius 2 is 2.10 bits per heavy atom. The van der Waals surface area contributed by atoms with E-state index >= 15 is 0 Å². The number of carbonyl (C=O) groups excluding carboxylic acids is 1. The lowest BCUT2D eigenvalue weighted by Gasteiger charge is -2.30. The van der Waals surface area contributed by atoms with Crippen molar-refractivity contribution in [1.82, 2.24) is 5.32 Å². The summed E-state index contributed by atoms with van der Waals surface area (Å²) in [5.41, 5.74) is 0.753. The van der Waals surface area contributed by atoms with E-state index in [0.29, 0.717) is 11.3 Å². The van der Waals surface area contributed by atoms with Crippen LogP contribution in [0.3, 0.4) is 0 Å². The Kier molecular flexibility index (Phi) is 5.71. The Bertz CT molecular complexity index is 461. The van der Waals surface area contributed by atoms with E-state index < -0.39 is 5.54 Å². The molecule has 0 saturated heterocycles. The molecule has 2 rings (SSSR count). The normalized spacial score (nSPS) is 18.8. The van der Waals surface area contributed by atoms with Gasteiger partial charge in [-0.2, -0.15) is 11.8 Å². The summed E-state index contributed by atoms with van der Waals surface area (Å²) in [6, 6.07) is 10.9. The minimum atomic E-state index is -0.570. The van der Waals surface area contributed by atoms with Gasteiger partial charge in [0, 0.05) is 17.0 Å². The summed E-state index contributed by atoms with van der Waals surface area (Å²) in [4.78, 5) is 12.1. The zero-order valence-electron chi connectivity index (χ0n) is 13.1. The first-order chi connectivity index (χ1) is 10.0. The second-order valence-corrected chi connectivity index (χ2v) is 7.48. The van der Waals surface area contributed by atoms with E-state index in [1.54, 1.807) is 0 Å². The number of nitrogens with one attached hydrogen (secondary N) is 1. The van der Waals surface area contributed by atoms with Crippen LogP contribution >= 0.6 is 11.8 Å². The molecule has 1 aromatic rings. The highest BCUT2D eigenvalue weighted by Gasteiger charge is 2.40. The third-order valence-corrected chi connectivity index (χ3v) is 5.04. The van der Waals surface area contributed by atoms with E-state index in [1.807, 2.05) is 24.8 Å². The minimum Gasteiger partial charge on any atom is -0.468 e. The summed E-state index contributed by atoms with van der Waals surface area (Å²) in [6.07, 6.45) is 3.12. The van der Waals surface area contributed by atoms with E-state index in [-0.39, 0.29) is 5.97 Å². The van der Waals surface area contributed by atoms with Gasteiger partial charge in [-0.1, -0.05) is 37.3 Å². The van der Waals surface area contributed by atoms with Gasteiger partial charge in [-0.3, -0.25) is 10.1 Å². The van der Waals surface area contributed by atoms with Crippen molar-refractivity contribution in [1.29, 1.82) is 0 Å². The predicted octanol–water partition coefficient (Wildman–Crippen LogP) is 3.38. The average molecular weight is 307 g/mol. The molecular formula is C17H25NO2S. The van der Waals surface area contributed by atoms with Gasteiger partial charge >= 0.3 is 5.97 Å². The maximum Gasteiger partial charge on any atom is 0.325 e. The molecule has 1 aromatic carbocycles. The molecule has 0 amide bonds. The van der Waals surface area contributed by atoms with Gasteiger partial charge < -0.3 is 4.74 Å². The van der Waals surface area contributed by atoms with Crippen molar-refractivity contribution in [2.45, 2.75) is 55.7 Å². The van der Waals surface area contributed by atoms with Crippen LogP contribution in [0, 0.1) is 0 Å². The molecule has 2 unspecified atom stereocenters. The van der Waals surface area contributed by atoms with E-state index in [1.165, 1.54) is 12.7 Å². The minimum absolute atomic E-state index is 0.151. The summed E-state index contributed by atoms with van der Waals surface area (Å²) in [5, 5.41) is 3.85. The number of hydrogen-bond acceptors (Lipinski definition) is 4. The van der Waals surface area contributed by atoms with Gasteiger partial charge in [-0.25, -0.2) is 0 Å². The Hall–Kier alpha value is -1.00. The summed E-state index contributed by atoms with van der Waals surface area (Å²) in [7, 11) is 1.47.